The molecule has 1 aromatic heterocycles. The Morgan fingerprint density at radius 3 is 2.91 bits per heavy atom. The number of anilines is 1. The summed E-state index contributed by atoms with van der Waals surface area (Å²) in [6.07, 6.45) is 1.49. The minimum atomic E-state index is -0.217. The van der Waals surface area contributed by atoms with Crippen LogP contribution in [0.2, 0.25) is 0 Å². The van der Waals surface area contributed by atoms with Crippen molar-refractivity contribution in [1.82, 2.24) is 5.32 Å². The lowest BCUT2D eigenvalue weighted by Crippen LogP contribution is -2.28. The second kappa shape index (κ2) is 5.55. The smallest absolute Gasteiger partial charge is 0.262 e. The van der Waals surface area contributed by atoms with Crippen molar-refractivity contribution in [1.29, 1.82) is 0 Å². The van der Waals surface area contributed by atoms with Crippen molar-refractivity contribution in [2.75, 3.05) is 11.9 Å². The van der Waals surface area contributed by atoms with Gasteiger partial charge in [0.2, 0.25) is 0 Å². The number of benzene rings is 1. The zero-order chi connectivity index (χ0) is 15.7. The lowest BCUT2D eigenvalue weighted by molar-refractivity contribution is -0.118. The number of hydrogen-bond acceptors (Lipinski definition) is 4. The summed E-state index contributed by atoms with van der Waals surface area (Å²) in [5.41, 5.74) is 2.01. The van der Waals surface area contributed by atoms with E-state index in [4.69, 9.17) is 9.15 Å². The van der Waals surface area contributed by atoms with Crippen molar-refractivity contribution in [3.63, 3.8) is 0 Å². The van der Waals surface area contributed by atoms with Crippen LogP contribution in [-0.2, 0) is 4.79 Å². The molecular formula is C16H16N2O4. The van der Waals surface area contributed by atoms with E-state index in [9.17, 15) is 9.59 Å². The molecule has 114 valence electrons. The van der Waals surface area contributed by atoms with Gasteiger partial charge in [0.25, 0.3) is 11.8 Å². The predicted octanol–water partition coefficient (Wildman–Crippen LogP) is 2.41. The minimum absolute atomic E-state index is 0.0262. The molecule has 1 atom stereocenters. The zero-order valence-corrected chi connectivity index (χ0v) is 12.3. The molecular weight excluding hydrogens is 284 g/mol. The van der Waals surface area contributed by atoms with E-state index in [1.54, 1.807) is 25.1 Å². The molecule has 1 aliphatic heterocycles. The highest BCUT2D eigenvalue weighted by molar-refractivity contribution is 5.96. The van der Waals surface area contributed by atoms with Crippen molar-refractivity contribution in [3.05, 3.63) is 47.4 Å². The van der Waals surface area contributed by atoms with E-state index in [1.165, 1.54) is 6.26 Å². The summed E-state index contributed by atoms with van der Waals surface area (Å²) in [7, 11) is 0. The van der Waals surface area contributed by atoms with Crippen LogP contribution < -0.4 is 15.4 Å². The highest BCUT2D eigenvalue weighted by Crippen LogP contribution is 2.30. The Morgan fingerprint density at radius 2 is 2.18 bits per heavy atom. The highest BCUT2D eigenvalue weighted by atomic mass is 16.5. The van der Waals surface area contributed by atoms with E-state index in [0.29, 0.717) is 22.8 Å². The second-order valence-corrected chi connectivity index (χ2v) is 5.18. The van der Waals surface area contributed by atoms with Crippen LogP contribution in [0, 0.1) is 6.92 Å². The SMILES string of the molecule is Cc1occc1C(=O)NC(C)c1ccc2c(c1)NC(=O)CO2. The molecule has 0 bridgehead atoms. The lowest BCUT2D eigenvalue weighted by atomic mass is 10.1. The van der Waals surface area contributed by atoms with Crippen molar-refractivity contribution < 1.29 is 18.7 Å². The standard InChI is InChI=1S/C16H16N2O4/c1-9(17-16(20)12-5-6-21-10(12)2)11-3-4-14-13(7-11)18-15(19)8-22-14/h3-7,9H,8H2,1-2H3,(H,17,20)(H,18,19). The zero-order valence-electron chi connectivity index (χ0n) is 12.3. The average Bonchev–Trinajstić information content (AvgIpc) is 2.92. The van der Waals surface area contributed by atoms with Crippen LogP contribution >= 0.6 is 0 Å². The number of ether oxygens (including phenoxy) is 1. The summed E-state index contributed by atoms with van der Waals surface area (Å²) in [6.45, 7) is 3.64. The van der Waals surface area contributed by atoms with Gasteiger partial charge >= 0.3 is 0 Å². The summed E-state index contributed by atoms with van der Waals surface area (Å²) in [5.74, 6) is 0.829. The maximum atomic E-state index is 12.2. The Labute approximate surface area is 127 Å². The molecule has 3 rings (SSSR count). The minimum Gasteiger partial charge on any atom is -0.482 e. The maximum absolute atomic E-state index is 12.2. The van der Waals surface area contributed by atoms with Gasteiger partial charge in [0.05, 0.1) is 23.6 Å². The third-order valence-electron chi connectivity index (χ3n) is 3.59. The number of hydrogen-bond donors (Lipinski definition) is 2. The van der Waals surface area contributed by atoms with Crippen LogP contribution in [0.3, 0.4) is 0 Å². The van der Waals surface area contributed by atoms with Crippen molar-refractivity contribution in [2.45, 2.75) is 19.9 Å². The molecule has 0 spiro atoms. The van der Waals surface area contributed by atoms with E-state index >= 15 is 0 Å². The Bertz CT molecular complexity index is 735. The number of aryl methyl sites for hydroxylation is 1. The van der Waals surface area contributed by atoms with Crippen LogP contribution in [0.15, 0.2) is 34.9 Å². The lowest BCUT2D eigenvalue weighted by Gasteiger charge is -2.21. The van der Waals surface area contributed by atoms with Crippen molar-refractivity contribution in [3.8, 4) is 5.75 Å². The van der Waals surface area contributed by atoms with E-state index in [0.717, 1.165) is 5.56 Å². The molecule has 0 aliphatic carbocycles. The second-order valence-electron chi connectivity index (χ2n) is 5.18. The van der Waals surface area contributed by atoms with Crippen molar-refractivity contribution >= 4 is 17.5 Å². The quantitative estimate of drug-likeness (QED) is 0.912. The fourth-order valence-corrected chi connectivity index (χ4v) is 2.35. The van der Waals surface area contributed by atoms with E-state index < -0.39 is 0 Å². The van der Waals surface area contributed by atoms with Gasteiger partial charge in [-0.05, 0) is 37.6 Å². The summed E-state index contributed by atoms with van der Waals surface area (Å²) >= 11 is 0. The first-order chi connectivity index (χ1) is 10.5. The first kappa shape index (κ1) is 14.2. The number of carbonyl (C=O) groups excluding carboxylic acids is 2. The molecule has 0 radical (unpaired) electrons. The first-order valence-corrected chi connectivity index (χ1v) is 6.96. The van der Waals surface area contributed by atoms with Crippen LogP contribution in [-0.4, -0.2) is 18.4 Å². The van der Waals surface area contributed by atoms with Gasteiger partial charge in [-0.3, -0.25) is 9.59 Å². The number of fused-ring (bicyclic) bond motifs is 1. The molecule has 1 aliphatic rings. The van der Waals surface area contributed by atoms with Gasteiger partial charge in [0.1, 0.15) is 11.5 Å². The van der Waals surface area contributed by atoms with Crippen LogP contribution in [0.4, 0.5) is 5.69 Å². The van der Waals surface area contributed by atoms with Crippen LogP contribution in [0.1, 0.15) is 34.6 Å². The summed E-state index contributed by atoms with van der Waals surface area (Å²) in [5, 5.41) is 5.66. The molecule has 6 heteroatoms. The molecule has 0 saturated heterocycles. The van der Waals surface area contributed by atoms with Gasteiger partial charge in [-0.15, -0.1) is 0 Å². The molecule has 2 aromatic rings. The van der Waals surface area contributed by atoms with Gasteiger partial charge in [0.15, 0.2) is 6.61 Å². The van der Waals surface area contributed by atoms with Crippen LogP contribution in [0.25, 0.3) is 0 Å². The monoisotopic (exact) mass is 300 g/mol. The molecule has 1 unspecified atom stereocenters. The maximum Gasteiger partial charge on any atom is 0.262 e. The molecule has 6 nitrogen and oxygen atoms in total. The topological polar surface area (TPSA) is 80.6 Å². The Kier molecular flexibility index (Phi) is 3.58. The molecule has 2 amide bonds. The van der Waals surface area contributed by atoms with E-state index in [1.807, 2.05) is 13.0 Å². The molecule has 0 saturated carbocycles. The molecule has 22 heavy (non-hydrogen) atoms. The third kappa shape index (κ3) is 2.67. The van der Waals surface area contributed by atoms with Gasteiger partial charge in [-0.1, -0.05) is 6.07 Å². The summed E-state index contributed by atoms with van der Waals surface area (Å²) < 4.78 is 10.4. The number of carbonyl (C=O) groups is 2. The fraction of sp³-hybridized carbons (Fsp3) is 0.250. The largest absolute Gasteiger partial charge is 0.482 e. The van der Waals surface area contributed by atoms with Gasteiger partial charge in [0, 0.05) is 0 Å². The number of nitrogens with one attached hydrogen (secondary N) is 2. The average molecular weight is 300 g/mol. The number of rotatable bonds is 3. The summed E-state index contributed by atoms with van der Waals surface area (Å²) in [4.78, 5) is 23.5. The Morgan fingerprint density at radius 1 is 1.36 bits per heavy atom. The van der Waals surface area contributed by atoms with Crippen LogP contribution in [0.5, 0.6) is 5.75 Å². The van der Waals surface area contributed by atoms with E-state index in [-0.39, 0.29) is 24.5 Å². The molecule has 0 fully saturated rings. The Hall–Kier alpha value is -2.76. The third-order valence-corrected chi connectivity index (χ3v) is 3.59. The van der Waals surface area contributed by atoms with Gasteiger partial charge < -0.3 is 19.8 Å². The number of furan rings is 1. The highest BCUT2D eigenvalue weighted by Gasteiger charge is 2.19. The van der Waals surface area contributed by atoms with Gasteiger partial charge in [-0.2, -0.15) is 0 Å². The molecule has 2 N–H and O–H groups in total. The number of amides is 2. The Balaban J connectivity index is 1.76. The van der Waals surface area contributed by atoms with Gasteiger partial charge in [-0.25, -0.2) is 0 Å². The summed E-state index contributed by atoms with van der Waals surface area (Å²) in [6, 6.07) is 6.88. The first-order valence-electron chi connectivity index (χ1n) is 6.96. The van der Waals surface area contributed by atoms with Crippen molar-refractivity contribution in [2.24, 2.45) is 0 Å². The molecule has 2 heterocycles. The normalized spacial score (nSPS) is 14.5. The predicted molar refractivity (Wildman–Crippen MR) is 79.9 cm³/mol. The fourth-order valence-electron chi connectivity index (χ4n) is 2.35. The molecule has 1 aromatic carbocycles. The van der Waals surface area contributed by atoms with E-state index in [2.05, 4.69) is 10.6 Å².